The maximum absolute atomic E-state index is 12.0. The van der Waals surface area contributed by atoms with Gasteiger partial charge in [0.1, 0.15) is 11.6 Å². The average Bonchev–Trinajstić information content (AvgIpc) is 2.42. The van der Waals surface area contributed by atoms with Gasteiger partial charge in [-0.2, -0.15) is 0 Å². The molecule has 2 N–H and O–H groups in total. The normalized spacial score (nSPS) is 15.1. The Bertz CT molecular complexity index is 677. The lowest BCUT2D eigenvalue weighted by Gasteiger charge is -2.27. The number of aryl methyl sites for hydroxylation is 1. The summed E-state index contributed by atoms with van der Waals surface area (Å²) in [6, 6.07) is 7.18. The summed E-state index contributed by atoms with van der Waals surface area (Å²) in [6.45, 7) is 4.10. The summed E-state index contributed by atoms with van der Waals surface area (Å²) in [5.74, 6) is 0.953. The summed E-state index contributed by atoms with van der Waals surface area (Å²) in [4.78, 5) is 21.4. The quantitative estimate of drug-likeness (QED) is 0.865. The van der Waals surface area contributed by atoms with Crippen molar-refractivity contribution in [3.63, 3.8) is 0 Å². The Morgan fingerprint density at radius 2 is 2.10 bits per heavy atom. The van der Waals surface area contributed by atoms with Crippen molar-refractivity contribution in [3.05, 3.63) is 57.3 Å². The number of aromatic amines is 1. The van der Waals surface area contributed by atoms with Crippen LogP contribution in [0.15, 0.2) is 29.1 Å². The molecule has 1 aliphatic rings. The Balaban J connectivity index is 1.79. The van der Waals surface area contributed by atoms with E-state index in [1.807, 2.05) is 19.1 Å². The van der Waals surface area contributed by atoms with Gasteiger partial charge >= 0.3 is 0 Å². The minimum Gasteiger partial charge on any atom is -0.508 e. The molecular formula is C15H17N3O2. The second-order valence-corrected chi connectivity index (χ2v) is 5.20. The van der Waals surface area contributed by atoms with E-state index in [1.54, 1.807) is 12.1 Å². The molecule has 2 aromatic rings. The van der Waals surface area contributed by atoms with E-state index in [1.165, 1.54) is 0 Å². The lowest BCUT2D eigenvalue weighted by atomic mass is 10.1. The minimum absolute atomic E-state index is 0.0251. The fourth-order valence-corrected chi connectivity index (χ4v) is 2.60. The van der Waals surface area contributed by atoms with Crippen LogP contribution >= 0.6 is 0 Å². The predicted octanol–water partition coefficient (Wildman–Crippen LogP) is 1.34. The Labute approximate surface area is 116 Å². The standard InChI is InChI=1S/C15H17N3O2/c1-10-16-14-6-7-18(9-13(14)15(20)17-10)8-11-2-4-12(19)5-3-11/h2-5,19H,6-9H2,1H3,(H,16,17,20). The molecule has 0 fully saturated rings. The van der Waals surface area contributed by atoms with Gasteiger partial charge in [-0.05, 0) is 24.6 Å². The highest BCUT2D eigenvalue weighted by Crippen LogP contribution is 2.17. The number of fused-ring (bicyclic) bond motifs is 1. The molecule has 0 spiro atoms. The largest absolute Gasteiger partial charge is 0.508 e. The highest BCUT2D eigenvalue weighted by Gasteiger charge is 2.20. The van der Waals surface area contributed by atoms with Crippen molar-refractivity contribution in [3.8, 4) is 5.75 Å². The third kappa shape index (κ3) is 2.58. The summed E-state index contributed by atoms with van der Waals surface area (Å²) in [7, 11) is 0. The first-order valence-electron chi connectivity index (χ1n) is 6.71. The highest BCUT2D eigenvalue weighted by atomic mass is 16.3. The Morgan fingerprint density at radius 1 is 1.35 bits per heavy atom. The molecule has 5 nitrogen and oxygen atoms in total. The molecule has 1 aromatic carbocycles. The molecule has 0 amide bonds. The van der Waals surface area contributed by atoms with E-state index in [4.69, 9.17) is 0 Å². The molecule has 20 heavy (non-hydrogen) atoms. The van der Waals surface area contributed by atoms with Gasteiger partial charge in [-0.3, -0.25) is 9.69 Å². The van der Waals surface area contributed by atoms with Crippen molar-refractivity contribution in [2.75, 3.05) is 6.54 Å². The third-order valence-electron chi connectivity index (χ3n) is 3.61. The summed E-state index contributed by atoms with van der Waals surface area (Å²) in [5.41, 5.74) is 2.81. The molecule has 2 heterocycles. The molecule has 0 aliphatic carbocycles. The fraction of sp³-hybridized carbons (Fsp3) is 0.333. The molecule has 0 atom stereocenters. The van der Waals surface area contributed by atoms with Crippen molar-refractivity contribution >= 4 is 0 Å². The van der Waals surface area contributed by atoms with Crippen LogP contribution < -0.4 is 5.56 Å². The number of nitrogens with one attached hydrogen (secondary N) is 1. The van der Waals surface area contributed by atoms with E-state index in [-0.39, 0.29) is 11.3 Å². The zero-order chi connectivity index (χ0) is 14.1. The molecular weight excluding hydrogens is 254 g/mol. The van der Waals surface area contributed by atoms with Crippen LogP contribution in [0.1, 0.15) is 22.6 Å². The van der Waals surface area contributed by atoms with Crippen molar-refractivity contribution in [1.82, 2.24) is 14.9 Å². The van der Waals surface area contributed by atoms with Gasteiger partial charge in [-0.15, -0.1) is 0 Å². The van der Waals surface area contributed by atoms with Crippen LogP contribution in [-0.2, 0) is 19.5 Å². The third-order valence-corrected chi connectivity index (χ3v) is 3.61. The van der Waals surface area contributed by atoms with Crippen molar-refractivity contribution in [2.24, 2.45) is 0 Å². The maximum atomic E-state index is 12.0. The first-order valence-corrected chi connectivity index (χ1v) is 6.71. The van der Waals surface area contributed by atoms with Crippen LogP contribution in [0.25, 0.3) is 0 Å². The highest BCUT2D eigenvalue weighted by molar-refractivity contribution is 5.26. The van der Waals surface area contributed by atoms with E-state index in [0.29, 0.717) is 12.4 Å². The second-order valence-electron chi connectivity index (χ2n) is 5.20. The monoisotopic (exact) mass is 271 g/mol. The summed E-state index contributed by atoms with van der Waals surface area (Å²) in [6.07, 6.45) is 0.804. The smallest absolute Gasteiger partial charge is 0.255 e. The average molecular weight is 271 g/mol. The zero-order valence-electron chi connectivity index (χ0n) is 11.4. The van der Waals surface area contributed by atoms with Gasteiger partial charge in [0.2, 0.25) is 0 Å². The van der Waals surface area contributed by atoms with Gasteiger partial charge in [0.25, 0.3) is 5.56 Å². The lowest BCUT2D eigenvalue weighted by molar-refractivity contribution is 0.241. The van der Waals surface area contributed by atoms with Gasteiger partial charge in [0, 0.05) is 26.1 Å². The molecule has 1 aromatic heterocycles. The topological polar surface area (TPSA) is 69.2 Å². The van der Waals surface area contributed by atoms with E-state index in [2.05, 4.69) is 14.9 Å². The Morgan fingerprint density at radius 3 is 2.85 bits per heavy atom. The molecule has 0 unspecified atom stereocenters. The summed E-state index contributed by atoms with van der Waals surface area (Å²) >= 11 is 0. The van der Waals surface area contributed by atoms with E-state index in [9.17, 15) is 9.90 Å². The van der Waals surface area contributed by atoms with Gasteiger partial charge in [-0.25, -0.2) is 4.98 Å². The fourth-order valence-electron chi connectivity index (χ4n) is 2.60. The van der Waals surface area contributed by atoms with E-state index >= 15 is 0 Å². The number of phenols is 1. The molecule has 104 valence electrons. The van der Waals surface area contributed by atoms with Gasteiger partial charge in [0.05, 0.1) is 11.3 Å². The minimum atomic E-state index is -0.0251. The molecule has 5 heteroatoms. The molecule has 1 aliphatic heterocycles. The van der Waals surface area contributed by atoms with Crippen LogP contribution in [0, 0.1) is 6.92 Å². The number of nitrogens with zero attached hydrogens (tertiary/aromatic N) is 2. The summed E-state index contributed by atoms with van der Waals surface area (Å²) in [5, 5.41) is 9.29. The number of benzene rings is 1. The Hall–Kier alpha value is -2.14. The number of H-pyrrole nitrogens is 1. The van der Waals surface area contributed by atoms with Crippen LogP contribution in [0.5, 0.6) is 5.75 Å². The van der Waals surface area contributed by atoms with Gasteiger partial charge in [0.15, 0.2) is 0 Å². The molecule has 0 saturated carbocycles. The first-order chi connectivity index (χ1) is 9.61. The molecule has 0 bridgehead atoms. The number of phenolic OH excluding ortho intramolecular Hbond substituents is 1. The molecule has 0 radical (unpaired) electrons. The second kappa shape index (κ2) is 5.09. The number of aromatic hydroxyl groups is 1. The summed E-state index contributed by atoms with van der Waals surface area (Å²) < 4.78 is 0. The van der Waals surface area contributed by atoms with Crippen molar-refractivity contribution in [2.45, 2.75) is 26.4 Å². The van der Waals surface area contributed by atoms with Crippen molar-refractivity contribution in [1.29, 1.82) is 0 Å². The number of hydrogen-bond acceptors (Lipinski definition) is 4. The first kappa shape index (κ1) is 12.9. The predicted molar refractivity (Wildman–Crippen MR) is 75.5 cm³/mol. The van der Waals surface area contributed by atoms with E-state index < -0.39 is 0 Å². The van der Waals surface area contributed by atoms with Crippen molar-refractivity contribution < 1.29 is 5.11 Å². The Kier molecular flexibility index (Phi) is 3.28. The van der Waals surface area contributed by atoms with Gasteiger partial charge < -0.3 is 10.1 Å². The van der Waals surface area contributed by atoms with Crippen LogP contribution in [0.3, 0.4) is 0 Å². The van der Waals surface area contributed by atoms with Crippen LogP contribution in [-0.4, -0.2) is 26.5 Å². The van der Waals surface area contributed by atoms with Crippen LogP contribution in [0.2, 0.25) is 0 Å². The lowest BCUT2D eigenvalue weighted by Crippen LogP contribution is -2.35. The molecule has 3 rings (SSSR count). The van der Waals surface area contributed by atoms with Gasteiger partial charge in [-0.1, -0.05) is 12.1 Å². The van der Waals surface area contributed by atoms with Crippen LogP contribution in [0.4, 0.5) is 0 Å². The number of aromatic nitrogens is 2. The van der Waals surface area contributed by atoms with E-state index in [0.717, 1.165) is 36.3 Å². The molecule has 0 saturated heterocycles. The number of rotatable bonds is 2. The number of hydrogen-bond donors (Lipinski definition) is 2. The zero-order valence-corrected chi connectivity index (χ0v) is 11.4. The SMILES string of the molecule is Cc1nc2c(c(=O)[nH]1)CN(Cc1ccc(O)cc1)CC2. The maximum Gasteiger partial charge on any atom is 0.255 e.